The zero-order valence-corrected chi connectivity index (χ0v) is 12.1. The third-order valence-electron chi connectivity index (χ3n) is 3.64. The third-order valence-corrected chi connectivity index (χ3v) is 3.87. The fourth-order valence-electron chi connectivity index (χ4n) is 2.63. The molecular formula is C14H18ClF3N2. The first-order valence-corrected chi connectivity index (χ1v) is 7.04. The third kappa shape index (κ3) is 3.58. The normalized spacial score (nSPS) is 20.2. The molecule has 0 saturated carbocycles. The molecule has 1 heterocycles. The number of hydrogen-bond acceptors (Lipinski definition) is 2. The molecule has 1 atom stereocenters. The highest BCUT2D eigenvalue weighted by atomic mass is 35.5. The second kappa shape index (κ2) is 6.22. The molecule has 0 radical (unpaired) electrons. The van der Waals surface area contributed by atoms with E-state index < -0.39 is 12.1 Å². The van der Waals surface area contributed by atoms with Crippen LogP contribution in [0, 0.1) is 5.92 Å². The van der Waals surface area contributed by atoms with Gasteiger partial charge in [0.1, 0.15) is 0 Å². The van der Waals surface area contributed by atoms with Gasteiger partial charge >= 0.3 is 6.18 Å². The van der Waals surface area contributed by atoms with Crippen molar-refractivity contribution in [3.05, 3.63) is 28.8 Å². The molecule has 1 unspecified atom stereocenters. The zero-order chi connectivity index (χ0) is 14.8. The van der Waals surface area contributed by atoms with E-state index in [0.29, 0.717) is 24.5 Å². The lowest BCUT2D eigenvalue weighted by Gasteiger charge is -2.36. The van der Waals surface area contributed by atoms with Crippen molar-refractivity contribution in [3.8, 4) is 0 Å². The van der Waals surface area contributed by atoms with Gasteiger partial charge < -0.3 is 10.2 Å². The Balaban J connectivity index is 2.24. The van der Waals surface area contributed by atoms with Crippen LogP contribution < -0.4 is 10.2 Å². The maximum atomic E-state index is 12.9. The van der Waals surface area contributed by atoms with Crippen LogP contribution in [0.3, 0.4) is 0 Å². The Bertz CT molecular complexity index is 462. The second-order valence-corrected chi connectivity index (χ2v) is 5.57. The highest BCUT2D eigenvalue weighted by molar-refractivity contribution is 6.30. The number of piperidine rings is 1. The van der Waals surface area contributed by atoms with E-state index in [1.165, 1.54) is 0 Å². The van der Waals surface area contributed by atoms with Crippen LogP contribution in [0.25, 0.3) is 0 Å². The molecule has 0 bridgehead atoms. The Hall–Kier alpha value is -0.940. The van der Waals surface area contributed by atoms with E-state index in [0.717, 1.165) is 11.3 Å². The Morgan fingerprint density at radius 3 is 2.80 bits per heavy atom. The quantitative estimate of drug-likeness (QED) is 0.913. The summed E-state index contributed by atoms with van der Waals surface area (Å²) in [4.78, 5) is 1.81. The predicted molar refractivity (Wildman–Crippen MR) is 75.2 cm³/mol. The number of hydrogen-bond donors (Lipinski definition) is 1. The minimum absolute atomic E-state index is 0.0144. The van der Waals surface area contributed by atoms with Gasteiger partial charge in [-0.25, -0.2) is 0 Å². The van der Waals surface area contributed by atoms with E-state index in [1.807, 2.05) is 13.1 Å². The van der Waals surface area contributed by atoms with Gasteiger partial charge in [-0.15, -0.1) is 0 Å². The molecular weight excluding hydrogens is 289 g/mol. The number of anilines is 1. The number of halogens is 4. The predicted octanol–water partition coefficient (Wildman–Crippen LogP) is 3.84. The highest BCUT2D eigenvalue weighted by Gasteiger charge is 2.42. The average molecular weight is 307 g/mol. The van der Waals surface area contributed by atoms with Crippen molar-refractivity contribution in [2.45, 2.75) is 25.6 Å². The summed E-state index contributed by atoms with van der Waals surface area (Å²) in [5.41, 5.74) is 1.78. The maximum Gasteiger partial charge on any atom is 0.393 e. The Morgan fingerprint density at radius 2 is 2.15 bits per heavy atom. The van der Waals surface area contributed by atoms with E-state index in [4.69, 9.17) is 11.6 Å². The lowest BCUT2D eigenvalue weighted by molar-refractivity contribution is -0.176. The molecule has 1 aromatic carbocycles. The first-order valence-electron chi connectivity index (χ1n) is 6.66. The van der Waals surface area contributed by atoms with Crippen molar-refractivity contribution in [3.63, 3.8) is 0 Å². The van der Waals surface area contributed by atoms with Crippen LogP contribution in [0.5, 0.6) is 0 Å². The van der Waals surface area contributed by atoms with Gasteiger partial charge in [0.25, 0.3) is 0 Å². The SMILES string of the molecule is CNCc1ccc(Cl)cc1N1CCCC(C(F)(F)F)C1. The van der Waals surface area contributed by atoms with Gasteiger partial charge in [0.05, 0.1) is 5.92 Å². The molecule has 1 saturated heterocycles. The van der Waals surface area contributed by atoms with E-state index >= 15 is 0 Å². The Labute approximate surface area is 121 Å². The Kier molecular flexibility index (Phi) is 4.81. The molecule has 0 spiro atoms. The van der Waals surface area contributed by atoms with Gasteiger partial charge in [-0.1, -0.05) is 17.7 Å². The monoisotopic (exact) mass is 306 g/mol. The number of benzene rings is 1. The molecule has 2 rings (SSSR count). The van der Waals surface area contributed by atoms with Crippen LogP contribution in [0.2, 0.25) is 5.02 Å². The first-order chi connectivity index (χ1) is 9.41. The fraction of sp³-hybridized carbons (Fsp3) is 0.571. The molecule has 1 N–H and O–H groups in total. The summed E-state index contributed by atoms with van der Waals surface area (Å²) >= 11 is 5.99. The Morgan fingerprint density at radius 1 is 1.40 bits per heavy atom. The van der Waals surface area contributed by atoms with Gasteiger partial charge in [0.2, 0.25) is 0 Å². The maximum absolute atomic E-state index is 12.9. The molecule has 1 aliphatic rings. The minimum atomic E-state index is -4.12. The lowest BCUT2D eigenvalue weighted by atomic mass is 9.96. The lowest BCUT2D eigenvalue weighted by Crippen LogP contribution is -2.42. The first kappa shape index (κ1) is 15.4. The molecule has 0 aliphatic carbocycles. The largest absolute Gasteiger partial charge is 0.393 e. The van der Waals surface area contributed by atoms with E-state index in [1.54, 1.807) is 17.0 Å². The molecule has 0 aromatic heterocycles. The van der Waals surface area contributed by atoms with Crippen molar-refractivity contribution in [2.75, 3.05) is 25.0 Å². The summed E-state index contributed by atoms with van der Waals surface area (Å²) in [5.74, 6) is -1.25. The standard InChI is InChI=1S/C14H18ClF3N2/c1-19-8-10-4-5-12(15)7-13(10)20-6-2-3-11(9-20)14(16,17)18/h4-5,7,11,19H,2-3,6,8-9H2,1H3. The molecule has 20 heavy (non-hydrogen) atoms. The highest BCUT2D eigenvalue weighted by Crippen LogP contribution is 2.36. The van der Waals surface area contributed by atoms with Gasteiger partial charge in [0, 0.05) is 30.3 Å². The molecule has 1 aliphatic heterocycles. The van der Waals surface area contributed by atoms with Crippen LogP contribution in [-0.2, 0) is 6.54 Å². The van der Waals surface area contributed by atoms with Crippen LogP contribution in [0.1, 0.15) is 18.4 Å². The van der Waals surface area contributed by atoms with E-state index in [-0.39, 0.29) is 13.0 Å². The number of rotatable bonds is 3. The molecule has 0 amide bonds. The summed E-state index contributed by atoms with van der Waals surface area (Å²) in [6.07, 6.45) is -3.36. The van der Waals surface area contributed by atoms with Crippen LogP contribution in [0.4, 0.5) is 18.9 Å². The fourth-order valence-corrected chi connectivity index (χ4v) is 2.80. The average Bonchev–Trinajstić information content (AvgIpc) is 2.40. The van der Waals surface area contributed by atoms with Gasteiger partial charge in [0.15, 0.2) is 0 Å². The van der Waals surface area contributed by atoms with Crippen molar-refractivity contribution in [1.29, 1.82) is 0 Å². The van der Waals surface area contributed by atoms with Crippen LogP contribution in [-0.4, -0.2) is 26.3 Å². The summed E-state index contributed by atoms with van der Waals surface area (Å²) < 4.78 is 38.7. The second-order valence-electron chi connectivity index (χ2n) is 5.13. The number of alkyl halides is 3. The smallest absolute Gasteiger partial charge is 0.371 e. The topological polar surface area (TPSA) is 15.3 Å². The molecule has 112 valence electrons. The number of nitrogens with zero attached hydrogens (tertiary/aromatic N) is 1. The van der Waals surface area contributed by atoms with Gasteiger partial charge in [-0.2, -0.15) is 13.2 Å². The van der Waals surface area contributed by atoms with Crippen LogP contribution >= 0.6 is 11.6 Å². The number of nitrogens with one attached hydrogen (secondary N) is 1. The summed E-state index contributed by atoms with van der Waals surface area (Å²) in [6, 6.07) is 5.39. The molecule has 6 heteroatoms. The molecule has 1 fully saturated rings. The minimum Gasteiger partial charge on any atom is -0.371 e. The molecule has 1 aromatic rings. The van der Waals surface area contributed by atoms with Crippen LogP contribution in [0.15, 0.2) is 18.2 Å². The molecule has 2 nitrogen and oxygen atoms in total. The van der Waals surface area contributed by atoms with Gasteiger partial charge in [-0.3, -0.25) is 0 Å². The van der Waals surface area contributed by atoms with Crippen molar-refractivity contribution >= 4 is 17.3 Å². The summed E-state index contributed by atoms with van der Waals surface area (Å²) in [5, 5.41) is 3.58. The summed E-state index contributed by atoms with van der Waals surface area (Å²) in [6.45, 7) is 1.27. The van der Waals surface area contributed by atoms with Crippen molar-refractivity contribution < 1.29 is 13.2 Å². The van der Waals surface area contributed by atoms with E-state index in [2.05, 4.69) is 5.32 Å². The zero-order valence-electron chi connectivity index (χ0n) is 11.3. The van der Waals surface area contributed by atoms with Gasteiger partial charge in [-0.05, 0) is 37.6 Å². The van der Waals surface area contributed by atoms with E-state index in [9.17, 15) is 13.2 Å². The van der Waals surface area contributed by atoms with Crippen molar-refractivity contribution in [2.24, 2.45) is 5.92 Å². The summed E-state index contributed by atoms with van der Waals surface area (Å²) in [7, 11) is 1.81. The van der Waals surface area contributed by atoms with Crippen molar-refractivity contribution in [1.82, 2.24) is 5.32 Å².